The molecule has 1 atom stereocenters. The van der Waals surface area contributed by atoms with Gasteiger partial charge in [-0.3, -0.25) is 4.79 Å². The van der Waals surface area contributed by atoms with Crippen molar-refractivity contribution in [3.63, 3.8) is 0 Å². The van der Waals surface area contributed by atoms with E-state index in [0.29, 0.717) is 19.4 Å². The molecule has 4 N–H and O–H groups in total. The molecule has 9 nitrogen and oxygen atoms in total. The highest BCUT2D eigenvalue weighted by molar-refractivity contribution is 5.76. The molecular formula is C16H20N6O3. The number of nitrogens with two attached hydrogens (primary N) is 1. The molecule has 0 unspecified atom stereocenters. The minimum Gasteiger partial charge on any atom is -0.493 e. The first kappa shape index (κ1) is 15.8. The monoisotopic (exact) mass is 344 g/mol. The van der Waals surface area contributed by atoms with Gasteiger partial charge in [0.15, 0.2) is 0 Å². The van der Waals surface area contributed by atoms with Crippen LogP contribution in [0.2, 0.25) is 0 Å². The summed E-state index contributed by atoms with van der Waals surface area (Å²) < 4.78 is 6.80. The summed E-state index contributed by atoms with van der Waals surface area (Å²) in [5.41, 5.74) is 7.79. The Labute approximate surface area is 144 Å². The van der Waals surface area contributed by atoms with E-state index in [9.17, 15) is 9.90 Å². The average molecular weight is 344 g/mol. The molecule has 1 aromatic heterocycles. The van der Waals surface area contributed by atoms with Crippen molar-refractivity contribution >= 4 is 11.9 Å². The summed E-state index contributed by atoms with van der Waals surface area (Å²) in [4.78, 5) is 12.4. The van der Waals surface area contributed by atoms with Crippen molar-refractivity contribution < 1.29 is 14.6 Å². The van der Waals surface area contributed by atoms with Gasteiger partial charge in [0, 0.05) is 6.42 Å². The topological polar surface area (TPSA) is 128 Å². The number of nitrogens with zero attached hydrogens (tertiary/aromatic N) is 4. The molecule has 0 spiro atoms. The zero-order chi connectivity index (χ0) is 17.4. The Balaban J connectivity index is 1.52. The van der Waals surface area contributed by atoms with E-state index < -0.39 is 0 Å². The van der Waals surface area contributed by atoms with Crippen molar-refractivity contribution in [1.82, 2.24) is 25.5 Å². The molecular weight excluding hydrogens is 324 g/mol. The number of amides is 1. The molecule has 1 fully saturated rings. The van der Waals surface area contributed by atoms with Crippen LogP contribution in [0, 0.1) is 5.92 Å². The smallest absolute Gasteiger partial charge is 0.242 e. The number of hydrogen-bond acceptors (Lipinski definition) is 7. The van der Waals surface area contributed by atoms with Gasteiger partial charge in [-0.2, -0.15) is 0 Å². The second-order valence-electron chi connectivity index (χ2n) is 6.59. The van der Waals surface area contributed by atoms with E-state index in [4.69, 9.17) is 10.5 Å². The van der Waals surface area contributed by atoms with Gasteiger partial charge in [-0.15, -0.1) is 0 Å². The van der Waals surface area contributed by atoms with E-state index in [1.807, 2.05) is 12.1 Å². The molecule has 9 heteroatoms. The predicted octanol–water partition coefficient (Wildman–Crippen LogP) is -0.181. The minimum absolute atomic E-state index is 0.0430. The highest BCUT2D eigenvalue weighted by atomic mass is 16.5. The van der Waals surface area contributed by atoms with Crippen molar-refractivity contribution in [3.8, 4) is 5.75 Å². The van der Waals surface area contributed by atoms with Crippen LogP contribution in [0.1, 0.15) is 30.0 Å². The molecule has 1 aromatic carbocycles. The van der Waals surface area contributed by atoms with Gasteiger partial charge in [-0.25, -0.2) is 4.68 Å². The molecule has 2 aromatic rings. The fraction of sp³-hybridized carbons (Fsp3) is 0.500. The number of nitrogen functional groups attached to an aromatic ring is 1. The van der Waals surface area contributed by atoms with Gasteiger partial charge in [0.2, 0.25) is 11.9 Å². The van der Waals surface area contributed by atoms with Crippen LogP contribution in [-0.4, -0.2) is 43.9 Å². The average Bonchev–Trinajstić information content (AvgIpc) is 3.18. The van der Waals surface area contributed by atoms with Crippen molar-refractivity contribution in [2.45, 2.75) is 38.0 Å². The van der Waals surface area contributed by atoms with Crippen LogP contribution in [0.3, 0.4) is 0 Å². The second kappa shape index (κ2) is 6.32. The maximum absolute atomic E-state index is 12.4. The van der Waals surface area contributed by atoms with Crippen LogP contribution in [0.15, 0.2) is 18.2 Å². The Kier molecular flexibility index (Phi) is 4.00. The van der Waals surface area contributed by atoms with Crippen molar-refractivity contribution in [2.24, 2.45) is 5.92 Å². The lowest BCUT2D eigenvalue weighted by Crippen LogP contribution is -2.42. The molecule has 0 radical (unpaired) electrons. The SMILES string of the molecule is Nc1nnnn1CC(=O)N[C@H](c1ccc2c(c1)CCO2)C1CC(O)C1. The first-order valence-electron chi connectivity index (χ1n) is 8.35. The minimum atomic E-state index is -0.294. The molecule has 25 heavy (non-hydrogen) atoms. The molecule has 4 rings (SSSR count). The van der Waals surface area contributed by atoms with E-state index in [0.717, 1.165) is 23.3 Å². The number of aliphatic hydroxyl groups excluding tert-OH is 1. The number of nitrogens with one attached hydrogen (secondary N) is 1. The van der Waals surface area contributed by atoms with Gasteiger partial charge in [-0.05, 0) is 52.4 Å². The third kappa shape index (κ3) is 3.14. The van der Waals surface area contributed by atoms with Gasteiger partial charge in [0.1, 0.15) is 12.3 Å². The number of fused-ring (bicyclic) bond motifs is 1. The standard InChI is InChI=1S/C16H20N6O3/c17-16-19-20-21-22(16)8-14(24)18-15(11-6-12(23)7-11)10-1-2-13-9(5-10)3-4-25-13/h1-2,5,11-12,15,23H,3-4,6-8H2,(H,18,24)(H2,17,19,21)/t11?,12?,15-/m1/s1. The summed E-state index contributed by atoms with van der Waals surface area (Å²) in [6.07, 6.45) is 1.92. The Hall–Kier alpha value is -2.68. The number of anilines is 1. The molecule has 2 heterocycles. The van der Waals surface area contributed by atoms with E-state index >= 15 is 0 Å². The Morgan fingerprint density at radius 3 is 3.04 bits per heavy atom. The fourth-order valence-electron chi connectivity index (χ4n) is 3.45. The molecule has 132 valence electrons. The number of tetrazole rings is 1. The number of benzene rings is 1. The fourth-order valence-corrected chi connectivity index (χ4v) is 3.45. The van der Waals surface area contributed by atoms with E-state index in [2.05, 4.69) is 26.9 Å². The van der Waals surface area contributed by atoms with Crippen LogP contribution in [0.25, 0.3) is 0 Å². The van der Waals surface area contributed by atoms with E-state index in [1.165, 1.54) is 4.68 Å². The first-order valence-corrected chi connectivity index (χ1v) is 8.35. The maximum Gasteiger partial charge on any atom is 0.242 e. The first-order chi connectivity index (χ1) is 12.1. The van der Waals surface area contributed by atoms with Gasteiger partial charge < -0.3 is 20.9 Å². The summed E-state index contributed by atoms with van der Waals surface area (Å²) in [6, 6.07) is 5.85. The number of carbonyl (C=O) groups is 1. The van der Waals surface area contributed by atoms with E-state index in [-0.39, 0.29) is 36.5 Å². The maximum atomic E-state index is 12.4. The molecule has 0 saturated heterocycles. The lowest BCUT2D eigenvalue weighted by molar-refractivity contribution is -0.123. The summed E-state index contributed by atoms with van der Waals surface area (Å²) >= 11 is 0. The zero-order valence-corrected chi connectivity index (χ0v) is 13.6. The van der Waals surface area contributed by atoms with Crippen molar-refractivity contribution in [1.29, 1.82) is 0 Å². The molecule has 2 aliphatic rings. The number of carbonyl (C=O) groups excluding carboxylic acids is 1. The van der Waals surface area contributed by atoms with Crippen LogP contribution in [0.5, 0.6) is 5.75 Å². The van der Waals surface area contributed by atoms with Crippen LogP contribution in [-0.2, 0) is 17.8 Å². The third-order valence-corrected chi connectivity index (χ3v) is 4.86. The number of rotatable bonds is 5. The summed E-state index contributed by atoms with van der Waals surface area (Å²) in [6.45, 7) is 0.648. The number of aliphatic hydroxyl groups is 1. The Morgan fingerprint density at radius 1 is 1.48 bits per heavy atom. The number of aromatic nitrogens is 4. The third-order valence-electron chi connectivity index (χ3n) is 4.86. The van der Waals surface area contributed by atoms with Gasteiger partial charge in [0.25, 0.3) is 0 Å². The van der Waals surface area contributed by atoms with Gasteiger partial charge >= 0.3 is 0 Å². The molecule has 1 aliphatic heterocycles. The van der Waals surface area contributed by atoms with Gasteiger partial charge in [0.05, 0.1) is 18.8 Å². The van der Waals surface area contributed by atoms with Crippen LogP contribution >= 0.6 is 0 Å². The molecule has 1 saturated carbocycles. The molecule has 1 amide bonds. The second-order valence-corrected chi connectivity index (χ2v) is 6.59. The van der Waals surface area contributed by atoms with Gasteiger partial charge in [-0.1, -0.05) is 11.2 Å². The highest BCUT2D eigenvalue weighted by Gasteiger charge is 2.36. The summed E-state index contributed by atoms with van der Waals surface area (Å²) in [7, 11) is 0. The van der Waals surface area contributed by atoms with Crippen LogP contribution in [0.4, 0.5) is 5.95 Å². The van der Waals surface area contributed by atoms with Crippen molar-refractivity contribution in [3.05, 3.63) is 29.3 Å². The Bertz CT molecular complexity index is 786. The largest absolute Gasteiger partial charge is 0.493 e. The Morgan fingerprint density at radius 2 is 2.32 bits per heavy atom. The van der Waals surface area contributed by atoms with Crippen LogP contribution < -0.4 is 15.8 Å². The predicted molar refractivity (Wildman–Crippen MR) is 87.5 cm³/mol. The lowest BCUT2D eigenvalue weighted by Gasteiger charge is -2.38. The molecule has 0 bridgehead atoms. The summed E-state index contributed by atoms with van der Waals surface area (Å²) in [5, 5.41) is 23.4. The zero-order valence-electron chi connectivity index (χ0n) is 13.6. The van der Waals surface area contributed by atoms with E-state index in [1.54, 1.807) is 0 Å². The highest BCUT2D eigenvalue weighted by Crippen LogP contribution is 2.39. The number of ether oxygens (including phenoxy) is 1. The number of hydrogen-bond donors (Lipinski definition) is 3. The van der Waals surface area contributed by atoms with Crippen molar-refractivity contribution in [2.75, 3.05) is 12.3 Å². The normalized spacial score (nSPS) is 22.6. The lowest BCUT2D eigenvalue weighted by atomic mass is 9.75. The quantitative estimate of drug-likeness (QED) is 0.686. The summed E-state index contributed by atoms with van der Waals surface area (Å²) in [5.74, 6) is 0.983. The molecule has 1 aliphatic carbocycles.